The lowest BCUT2D eigenvalue weighted by Crippen LogP contribution is -2.79. The molecule has 0 bridgehead atoms. The van der Waals surface area contributed by atoms with Crippen molar-refractivity contribution >= 4 is 23.9 Å². The Balaban J connectivity index is 1.90. The molecule has 0 spiro atoms. The van der Waals surface area contributed by atoms with Crippen LogP contribution in [0.3, 0.4) is 0 Å². The predicted octanol–water partition coefficient (Wildman–Crippen LogP) is 2.02. The summed E-state index contributed by atoms with van der Waals surface area (Å²) in [5.41, 5.74) is -6.04. The molecule has 10 atom stereocenters. The van der Waals surface area contributed by atoms with Gasteiger partial charge in [-0.05, 0) is 50.5 Å². The van der Waals surface area contributed by atoms with Crippen molar-refractivity contribution in [1.82, 2.24) is 0 Å². The van der Waals surface area contributed by atoms with Gasteiger partial charge in [0.2, 0.25) is 0 Å². The zero-order chi connectivity index (χ0) is 33.3. The number of hydrogen-bond acceptors (Lipinski definition) is 12. The molecule has 1 aromatic carbocycles. The standard InChI is InChI=1S/C33H42O12/c1-16-21(37)14-32(30(5,6)40)24(16)25(38)27(43-18(3)35)31(7)22(42-17(2)34)13-23-33(15-41-23,45-19(4)36)26(31)28(32)44-29(39)20-11-9-8-10-12-20/h8-12,21-23,25-28,37-38,40H,13-15H2,1-7H3/t21-,22-,23+,25-,26+,27+,28+,31-,32-,33-/m1/s1. The van der Waals surface area contributed by atoms with E-state index in [-0.39, 0.29) is 30.6 Å². The van der Waals surface area contributed by atoms with Crippen LogP contribution in [-0.2, 0) is 38.1 Å². The Hall–Kier alpha value is -3.32. The van der Waals surface area contributed by atoms with Gasteiger partial charge >= 0.3 is 23.9 Å². The van der Waals surface area contributed by atoms with Gasteiger partial charge in [-0.3, -0.25) is 14.4 Å². The van der Waals surface area contributed by atoms with Crippen LogP contribution in [-0.4, -0.2) is 93.6 Å². The molecule has 45 heavy (non-hydrogen) atoms. The van der Waals surface area contributed by atoms with E-state index in [1.54, 1.807) is 44.2 Å². The fourth-order valence-electron chi connectivity index (χ4n) is 8.71. The third-order valence-corrected chi connectivity index (χ3v) is 10.5. The molecule has 12 nitrogen and oxygen atoms in total. The summed E-state index contributed by atoms with van der Waals surface area (Å²) in [5.74, 6) is -4.09. The third-order valence-electron chi connectivity index (χ3n) is 10.5. The Morgan fingerprint density at radius 2 is 1.56 bits per heavy atom. The van der Waals surface area contributed by atoms with E-state index < -0.39 is 88.5 Å². The summed E-state index contributed by atoms with van der Waals surface area (Å²) in [7, 11) is 0. The number of ether oxygens (including phenoxy) is 5. The van der Waals surface area contributed by atoms with E-state index in [1.807, 2.05) is 0 Å². The van der Waals surface area contributed by atoms with Crippen molar-refractivity contribution in [3.05, 3.63) is 47.0 Å². The van der Waals surface area contributed by atoms with E-state index in [2.05, 4.69) is 0 Å². The first-order chi connectivity index (χ1) is 20.9. The van der Waals surface area contributed by atoms with Gasteiger partial charge in [0.25, 0.3) is 0 Å². The number of carbonyl (C=O) groups excluding carboxylic acids is 4. The largest absolute Gasteiger partial charge is 0.462 e. The summed E-state index contributed by atoms with van der Waals surface area (Å²) in [6.45, 7) is 9.64. The number of hydrogen-bond donors (Lipinski definition) is 3. The smallest absolute Gasteiger partial charge is 0.338 e. The molecule has 1 aromatic rings. The number of rotatable bonds is 6. The maximum Gasteiger partial charge on any atom is 0.338 e. The molecule has 0 radical (unpaired) electrons. The zero-order valence-corrected chi connectivity index (χ0v) is 26.6. The molecule has 246 valence electrons. The maximum absolute atomic E-state index is 14.0. The van der Waals surface area contributed by atoms with Gasteiger partial charge < -0.3 is 39.0 Å². The highest BCUT2D eigenvalue weighted by Gasteiger charge is 2.80. The molecule has 0 aromatic heterocycles. The van der Waals surface area contributed by atoms with Crippen molar-refractivity contribution < 1.29 is 58.2 Å². The van der Waals surface area contributed by atoms with Gasteiger partial charge in [-0.1, -0.05) is 25.1 Å². The van der Waals surface area contributed by atoms with E-state index in [0.717, 1.165) is 6.92 Å². The number of benzene rings is 1. The Morgan fingerprint density at radius 3 is 2.07 bits per heavy atom. The summed E-state index contributed by atoms with van der Waals surface area (Å²) in [6.07, 6.45) is -7.93. The molecule has 3 N–H and O–H groups in total. The van der Waals surface area contributed by atoms with Crippen LogP contribution < -0.4 is 0 Å². The lowest BCUT2D eigenvalue weighted by atomic mass is 9.49. The summed E-state index contributed by atoms with van der Waals surface area (Å²) in [6, 6.07) is 8.14. The van der Waals surface area contributed by atoms with Crippen molar-refractivity contribution in [2.45, 2.75) is 109 Å². The predicted molar refractivity (Wildman–Crippen MR) is 155 cm³/mol. The van der Waals surface area contributed by atoms with Crippen LogP contribution in [0.5, 0.6) is 0 Å². The van der Waals surface area contributed by atoms with Crippen molar-refractivity contribution in [3.63, 3.8) is 0 Å². The molecule has 3 aliphatic carbocycles. The van der Waals surface area contributed by atoms with Crippen LogP contribution in [0.4, 0.5) is 0 Å². The van der Waals surface area contributed by atoms with Crippen molar-refractivity contribution in [2.24, 2.45) is 16.7 Å². The second-order valence-corrected chi connectivity index (χ2v) is 13.5. The average Bonchev–Trinajstić information content (AvgIpc) is 3.18. The van der Waals surface area contributed by atoms with Gasteiger partial charge in [0.1, 0.15) is 30.5 Å². The molecule has 2 saturated carbocycles. The molecule has 0 unspecified atom stereocenters. The molecular weight excluding hydrogens is 588 g/mol. The summed E-state index contributed by atoms with van der Waals surface area (Å²) >= 11 is 0. The highest BCUT2D eigenvalue weighted by atomic mass is 16.6. The fourth-order valence-corrected chi connectivity index (χ4v) is 8.71. The summed E-state index contributed by atoms with van der Waals surface area (Å²) in [5, 5.41) is 35.9. The van der Waals surface area contributed by atoms with E-state index >= 15 is 0 Å². The van der Waals surface area contributed by atoms with Crippen molar-refractivity contribution in [3.8, 4) is 0 Å². The van der Waals surface area contributed by atoms with Crippen LogP contribution in [0.15, 0.2) is 41.5 Å². The van der Waals surface area contributed by atoms with Crippen LogP contribution in [0.2, 0.25) is 0 Å². The lowest BCUT2D eigenvalue weighted by molar-refractivity contribution is -0.352. The van der Waals surface area contributed by atoms with E-state index in [0.29, 0.717) is 5.57 Å². The Morgan fingerprint density at radius 1 is 0.933 bits per heavy atom. The van der Waals surface area contributed by atoms with Crippen LogP contribution in [0.25, 0.3) is 0 Å². The number of aliphatic hydroxyl groups is 3. The van der Waals surface area contributed by atoms with Crippen LogP contribution in [0, 0.1) is 16.7 Å². The average molecular weight is 631 g/mol. The number of esters is 4. The van der Waals surface area contributed by atoms with Gasteiger partial charge in [0, 0.05) is 27.2 Å². The number of carbonyl (C=O) groups is 4. The molecule has 12 heteroatoms. The van der Waals surface area contributed by atoms with E-state index in [1.165, 1.54) is 27.7 Å². The first kappa shape index (κ1) is 33.1. The summed E-state index contributed by atoms with van der Waals surface area (Å²) in [4.78, 5) is 52.1. The topological polar surface area (TPSA) is 175 Å². The minimum atomic E-state index is -1.80. The Kier molecular flexibility index (Phi) is 8.21. The summed E-state index contributed by atoms with van der Waals surface area (Å²) < 4.78 is 30.3. The second-order valence-electron chi connectivity index (χ2n) is 13.5. The fraction of sp³-hybridized carbons (Fsp3) is 0.636. The molecule has 4 aliphatic rings. The highest BCUT2D eigenvalue weighted by molar-refractivity contribution is 5.89. The molecule has 5 rings (SSSR count). The first-order valence-electron chi connectivity index (χ1n) is 15.1. The van der Waals surface area contributed by atoms with Crippen molar-refractivity contribution in [1.29, 1.82) is 0 Å². The Bertz CT molecular complexity index is 1410. The molecular formula is C33H42O12. The minimum absolute atomic E-state index is 0.000130. The molecule has 1 saturated heterocycles. The second kappa shape index (κ2) is 11.2. The van der Waals surface area contributed by atoms with Gasteiger partial charge in [0.15, 0.2) is 5.60 Å². The highest BCUT2D eigenvalue weighted by Crippen LogP contribution is 2.68. The number of fused-ring (bicyclic) bond motifs is 4. The van der Waals surface area contributed by atoms with Gasteiger partial charge in [-0.25, -0.2) is 4.79 Å². The van der Waals surface area contributed by atoms with E-state index in [4.69, 9.17) is 23.7 Å². The van der Waals surface area contributed by atoms with Crippen LogP contribution in [0.1, 0.15) is 71.7 Å². The quantitative estimate of drug-likeness (QED) is 0.237. The van der Waals surface area contributed by atoms with E-state index in [9.17, 15) is 34.5 Å². The number of aliphatic hydroxyl groups excluding tert-OH is 2. The zero-order valence-electron chi connectivity index (χ0n) is 26.6. The van der Waals surface area contributed by atoms with Gasteiger partial charge in [-0.2, -0.15) is 0 Å². The van der Waals surface area contributed by atoms with Gasteiger partial charge in [-0.15, -0.1) is 0 Å². The normalized spacial score (nSPS) is 38.8. The van der Waals surface area contributed by atoms with Crippen molar-refractivity contribution in [2.75, 3.05) is 6.61 Å². The lowest BCUT2D eigenvalue weighted by Gasteiger charge is -2.65. The molecule has 3 fully saturated rings. The monoisotopic (exact) mass is 630 g/mol. The van der Waals surface area contributed by atoms with Gasteiger partial charge in [0.05, 0.1) is 40.6 Å². The molecule has 1 heterocycles. The molecule has 0 amide bonds. The Labute approximate surface area is 261 Å². The maximum atomic E-state index is 14.0. The SMILES string of the molecule is CC(=O)O[C@@H]1C[C@@H]2OC[C@]2(OC(C)=O)[C@H]2[C@H](OC(=O)c3ccccc3)[C@@]3(C(C)(C)O)C[C@@H](O)C(C)=C3[C@@H](O)[C@H](OC(C)=O)[C@@]21C. The third kappa shape index (κ3) is 4.88. The molecule has 1 aliphatic heterocycles. The van der Waals surface area contributed by atoms with Crippen LogP contribution >= 0.6 is 0 Å². The first-order valence-corrected chi connectivity index (χ1v) is 15.1. The minimum Gasteiger partial charge on any atom is -0.462 e.